The molecular formula is C22H20O5. The van der Waals surface area contributed by atoms with Crippen LogP contribution < -0.4 is 9.47 Å². The molecule has 1 saturated heterocycles. The molecule has 2 aromatic rings. The zero-order valence-electron chi connectivity index (χ0n) is 15.7. The molecule has 0 bridgehead atoms. The van der Waals surface area contributed by atoms with Crippen LogP contribution in [0.2, 0.25) is 0 Å². The van der Waals surface area contributed by atoms with Crippen LogP contribution in [0.25, 0.3) is 12.2 Å². The number of hydrogen-bond acceptors (Lipinski definition) is 5. The summed E-state index contributed by atoms with van der Waals surface area (Å²) in [6.45, 7) is 3.83. The molecule has 0 aromatic heterocycles. The van der Waals surface area contributed by atoms with Gasteiger partial charge in [0.1, 0.15) is 11.5 Å². The molecule has 1 aliphatic heterocycles. The fourth-order valence-corrected chi connectivity index (χ4v) is 3.00. The molecule has 1 fully saturated rings. The Bertz CT molecular complexity index is 903. The first-order valence-electron chi connectivity index (χ1n) is 8.42. The number of ether oxygens (including phenoxy) is 3. The maximum Gasteiger partial charge on any atom is 0.346 e. The van der Waals surface area contributed by atoms with Crippen LogP contribution in [0.1, 0.15) is 22.3 Å². The van der Waals surface area contributed by atoms with Crippen LogP contribution in [0.3, 0.4) is 0 Å². The Kier molecular flexibility index (Phi) is 5.12. The number of hydrogen-bond donors (Lipinski definition) is 0. The number of esters is 2. The van der Waals surface area contributed by atoms with Crippen molar-refractivity contribution >= 4 is 24.1 Å². The average Bonchev–Trinajstić information content (AvgIpc) is 2.89. The van der Waals surface area contributed by atoms with Gasteiger partial charge in [-0.1, -0.05) is 12.1 Å². The van der Waals surface area contributed by atoms with Crippen LogP contribution in [0.4, 0.5) is 0 Å². The summed E-state index contributed by atoms with van der Waals surface area (Å²) in [7, 11) is 3.20. The minimum Gasteiger partial charge on any atom is -0.496 e. The summed E-state index contributed by atoms with van der Waals surface area (Å²) in [5.74, 6) is 0.216. The molecule has 0 aliphatic carbocycles. The van der Waals surface area contributed by atoms with Gasteiger partial charge in [-0.3, -0.25) is 0 Å². The van der Waals surface area contributed by atoms with Gasteiger partial charge in [-0.05, 0) is 72.5 Å². The first-order chi connectivity index (χ1) is 12.9. The van der Waals surface area contributed by atoms with Crippen LogP contribution in [0.15, 0.2) is 47.5 Å². The maximum atomic E-state index is 12.2. The predicted octanol–water partition coefficient (Wildman–Crippen LogP) is 3.87. The normalized spacial score (nSPS) is 16.7. The minimum absolute atomic E-state index is 0.234. The first-order valence-corrected chi connectivity index (χ1v) is 8.42. The Morgan fingerprint density at radius 1 is 0.741 bits per heavy atom. The van der Waals surface area contributed by atoms with Gasteiger partial charge in [-0.25, -0.2) is 9.59 Å². The van der Waals surface area contributed by atoms with Gasteiger partial charge < -0.3 is 14.2 Å². The third-order valence-electron chi connectivity index (χ3n) is 4.38. The Morgan fingerprint density at radius 3 is 1.48 bits per heavy atom. The van der Waals surface area contributed by atoms with Gasteiger partial charge in [-0.2, -0.15) is 0 Å². The lowest BCUT2D eigenvalue weighted by atomic mass is 10.0. The standard InChI is InChI=1S/C22H20O5/c1-13-9-15(5-7-19(13)25-3)11-17-18(22(24)27-21(17)23)12-16-6-8-20(26-4)14(2)10-16/h5-12H,1-4H3/b17-11+,18-12+. The molecule has 0 radical (unpaired) electrons. The van der Waals surface area contributed by atoms with Crippen molar-refractivity contribution in [1.29, 1.82) is 0 Å². The molecule has 0 spiro atoms. The first kappa shape index (κ1) is 18.5. The van der Waals surface area contributed by atoms with Crippen molar-refractivity contribution in [3.05, 3.63) is 69.8 Å². The molecule has 1 heterocycles. The lowest BCUT2D eigenvalue weighted by Gasteiger charge is -2.06. The summed E-state index contributed by atoms with van der Waals surface area (Å²) in [5, 5.41) is 0. The van der Waals surface area contributed by atoms with E-state index < -0.39 is 11.9 Å². The van der Waals surface area contributed by atoms with E-state index in [1.54, 1.807) is 26.4 Å². The number of benzene rings is 2. The number of rotatable bonds is 4. The molecule has 27 heavy (non-hydrogen) atoms. The maximum absolute atomic E-state index is 12.2. The van der Waals surface area contributed by atoms with E-state index in [-0.39, 0.29) is 11.1 Å². The number of cyclic esters (lactones) is 2. The highest BCUT2D eigenvalue weighted by atomic mass is 16.6. The van der Waals surface area contributed by atoms with Gasteiger partial charge >= 0.3 is 11.9 Å². The lowest BCUT2D eigenvalue weighted by Crippen LogP contribution is -1.97. The Morgan fingerprint density at radius 2 is 1.15 bits per heavy atom. The van der Waals surface area contributed by atoms with Crippen molar-refractivity contribution in [1.82, 2.24) is 0 Å². The van der Waals surface area contributed by atoms with Crippen LogP contribution in [0.5, 0.6) is 11.5 Å². The molecule has 0 amide bonds. The van der Waals surface area contributed by atoms with Crippen molar-refractivity contribution in [2.24, 2.45) is 0 Å². The summed E-state index contributed by atoms with van der Waals surface area (Å²) < 4.78 is 15.3. The van der Waals surface area contributed by atoms with Gasteiger partial charge in [0.25, 0.3) is 0 Å². The van der Waals surface area contributed by atoms with Gasteiger partial charge in [0.05, 0.1) is 25.4 Å². The van der Waals surface area contributed by atoms with Gasteiger partial charge in [-0.15, -0.1) is 0 Å². The molecule has 0 atom stereocenters. The predicted molar refractivity (Wildman–Crippen MR) is 103 cm³/mol. The van der Waals surface area contributed by atoms with E-state index in [2.05, 4.69) is 0 Å². The number of aryl methyl sites for hydroxylation is 2. The van der Waals surface area contributed by atoms with Crippen LogP contribution >= 0.6 is 0 Å². The molecule has 3 rings (SSSR count). The van der Waals surface area contributed by atoms with E-state index in [0.29, 0.717) is 0 Å². The Hall–Kier alpha value is -3.34. The van der Waals surface area contributed by atoms with E-state index in [0.717, 1.165) is 33.8 Å². The van der Waals surface area contributed by atoms with Crippen molar-refractivity contribution in [2.75, 3.05) is 14.2 Å². The highest BCUT2D eigenvalue weighted by Gasteiger charge is 2.33. The topological polar surface area (TPSA) is 61.8 Å². The second kappa shape index (κ2) is 7.50. The summed E-state index contributed by atoms with van der Waals surface area (Å²) in [6.07, 6.45) is 3.31. The van der Waals surface area contributed by atoms with Gasteiger partial charge in [0.15, 0.2) is 0 Å². The zero-order chi connectivity index (χ0) is 19.6. The molecule has 0 unspecified atom stereocenters. The van der Waals surface area contributed by atoms with Gasteiger partial charge in [0, 0.05) is 0 Å². The number of carbonyl (C=O) groups excluding carboxylic acids is 2. The smallest absolute Gasteiger partial charge is 0.346 e. The zero-order valence-corrected chi connectivity index (χ0v) is 15.7. The SMILES string of the molecule is COc1ccc(/C=C2/C(=O)OC(=O)/C2=C/c2ccc(OC)c(C)c2)cc1C. The summed E-state index contributed by atoms with van der Waals surface area (Å²) in [6, 6.07) is 11.1. The number of carbonyl (C=O) groups is 2. The average molecular weight is 364 g/mol. The molecular weight excluding hydrogens is 344 g/mol. The third-order valence-corrected chi connectivity index (χ3v) is 4.38. The summed E-state index contributed by atoms with van der Waals surface area (Å²) in [5.41, 5.74) is 3.90. The second-order valence-corrected chi connectivity index (χ2v) is 6.25. The largest absolute Gasteiger partial charge is 0.496 e. The molecule has 5 nitrogen and oxygen atoms in total. The Labute approximate surface area is 157 Å². The van der Waals surface area contributed by atoms with E-state index in [9.17, 15) is 9.59 Å². The highest BCUT2D eigenvalue weighted by molar-refractivity contribution is 6.22. The van der Waals surface area contributed by atoms with Crippen molar-refractivity contribution < 1.29 is 23.8 Å². The Balaban J connectivity index is 2.03. The highest BCUT2D eigenvalue weighted by Crippen LogP contribution is 2.29. The molecule has 0 N–H and O–H groups in total. The molecule has 138 valence electrons. The third kappa shape index (κ3) is 3.77. The van der Waals surface area contributed by atoms with Crippen molar-refractivity contribution in [2.45, 2.75) is 13.8 Å². The minimum atomic E-state index is -0.648. The summed E-state index contributed by atoms with van der Waals surface area (Å²) in [4.78, 5) is 24.3. The second-order valence-electron chi connectivity index (χ2n) is 6.25. The van der Waals surface area contributed by atoms with Crippen LogP contribution in [0, 0.1) is 13.8 Å². The quantitative estimate of drug-likeness (QED) is 0.468. The molecule has 5 heteroatoms. The van der Waals surface area contributed by atoms with E-state index >= 15 is 0 Å². The fraction of sp³-hybridized carbons (Fsp3) is 0.182. The van der Waals surface area contributed by atoms with Crippen LogP contribution in [-0.4, -0.2) is 26.2 Å². The van der Waals surface area contributed by atoms with Gasteiger partial charge in [0.2, 0.25) is 0 Å². The lowest BCUT2D eigenvalue weighted by molar-refractivity contribution is -0.149. The van der Waals surface area contributed by atoms with Crippen LogP contribution in [-0.2, 0) is 14.3 Å². The summed E-state index contributed by atoms with van der Waals surface area (Å²) >= 11 is 0. The monoisotopic (exact) mass is 364 g/mol. The molecule has 1 aliphatic rings. The molecule has 0 saturated carbocycles. The fourth-order valence-electron chi connectivity index (χ4n) is 3.00. The van der Waals surface area contributed by atoms with E-state index in [1.807, 2.05) is 50.2 Å². The van der Waals surface area contributed by atoms with Crippen molar-refractivity contribution in [3.63, 3.8) is 0 Å². The number of methoxy groups -OCH3 is 2. The van der Waals surface area contributed by atoms with E-state index in [4.69, 9.17) is 14.2 Å². The molecule has 2 aromatic carbocycles. The van der Waals surface area contributed by atoms with E-state index in [1.165, 1.54) is 0 Å². The van der Waals surface area contributed by atoms with Crippen molar-refractivity contribution in [3.8, 4) is 11.5 Å².